The number of amides is 1. The average Bonchev–Trinajstić information content (AvgIpc) is 3.23. The third kappa shape index (κ3) is 2.89. The number of thiophene rings is 1. The van der Waals surface area contributed by atoms with Crippen molar-refractivity contribution in [1.29, 1.82) is 5.26 Å². The third-order valence-electron chi connectivity index (χ3n) is 3.44. The highest BCUT2D eigenvalue weighted by Crippen LogP contribution is 2.43. The molecule has 1 aromatic carbocycles. The molecule has 1 aromatic heterocycles. The Bertz CT molecular complexity index is 857. The summed E-state index contributed by atoms with van der Waals surface area (Å²) in [5, 5.41) is 10.5. The molecule has 1 aliphatic rings. The van der Waals surface area contributed by atoms with Crippen LogP contribution in [0, 0.1) is 11.3 Å². The first-order chi connectivity index (χ1) is 10.5. The molecule has 1 fully saturated rings. The Balaban J connectivity index is 1.82. The van der Waals surface area contributed by atoms with Gasteiger partial charge in [-0.1, -0.05) is 0 Å². The fourth-order valence-electron chi connectivity index (χ4n) is 2.16. The number of hydrogen-bond acceptors (Lipinski definition) is 5. The Labute approximate surface area is 132 Å². The molecule has 0 spiro atoms. The third-order valence-corrected chi connectivity index (χ3v) is 5.72. The van der Waals surface area contributed by atoms with Gasteiger partial charge in [0.2, 0.25) is 0 Å². The normalized spacial score (nSPS) is 14.3. The zero-order valence-corrected chi connectivity index (χ0v) is 13.1. The van der Waals surface area contributed by atoms with E-state index in [0.29, 0.717) is 16.4 Å². The molecule has 0 atom stereocenters. The van der Waals surface area contributed by atoms with Crippen molar-refractivity contribution in [3.63, 3.8) is 0 Å². The molecule has 1 aliphatic carbocycles. The van der Waals surface area contributed by atoms with E-state index < -0.39 is 15.9 Å². The quantitative estimate of drug-likeness (QED) is 0.932. The molecule has 112 valence electrons. The summed E-state index contributed by atoms with van der Waals surface area (Å²) in [7, 11) is -3.93. The largest absolute Gasteiger partial charge is 0.275 e. The van der Waals surface area contributed by atoms with E-state index in [1.54, 1.807) is 5.38 Å². The van der Waals surface area contributed by atoms with Crippen molar-refractivity contribution in [2.45, 2.75) is 23.7 Å². The van der Waals surface area contributed by atoms with Crippen LogP contribution in [0.1, 0.15) is 39.6 Å². The van der Waals surface area contributed by atoms with Gasteiger partial charge >= 0.3 is 0 Å². The van der Waals surface area contributed by atoms with Gasteiger partial charge in [-0.2, -0.15) is 5.26 Å². The first kappa shape index (κ1) is 14.8. The van der Waals surface area contributed by atoms with Crippen molar-refractivity contribution >= 4 is 27.3 Å². The summed E-state index contributed by atoms with van der Waals surface area (Å²) in [6, 6.07) is 9.22. The standard InChI is InChI=1S/C15H12N2O3S2/c16-9-10-1-5-12(6-2-10)22(19,20)17-15(18)14-13(7-8-21-14)11-3-4-11/h1-2,5-8,11H,3-4H2,(H,17,18). The van der Waals surface area contributed by atoms with E-state index in [-0.39, 0.29) is 4.90 Å². The van der Waals surface area contributed by atoms with E-state index in [2.05, 4.69) is 4.72 Å². The van der Waals surface area contributed by atoms with Crippen LogP contribution < -0.4 is 4.72 Å². The van der Waals surface area contributed by atoms with E-state index >= 15 is 0 Å². The second-order valence-electron chi connectivity index (χ2n) is 5.05. The van der Waals surface area contributed by atoms with Crippen molar-refractivity contribution in [2.75, 3.05) is 0 Å². The molecule has 0 aliphatic heterocycles. The number of carbonyl (C=O) groups excluding carboxylic acids is 1. The number of rotatable bonds is 4. The lowest BCUT2D eigenvalue weighted by Crippen LogP contribution is -2.30. The summed E-state index contributed by atoms with van der Waals surface area (Å²) < 4.78 is 26.5. The van der Waals surface area contributed by atoms with Gasteiger partial charge < -0.3 is 0 Å². The van der Waals surface area contributed by atoms with Crippen LogP contribution in [0.15, 0.2) is 40.6 Å². The lowest BCUT2D eigenvalue weighted by molar-refractivity contribution is 0.0984. The maximum atomic E-state index is 12.2. The summed E-state index contributed by atoms with van der Waals surface area (Å²) in [6.07, 6.45) is 2.08. The van der Waals surface area contributed by atoms with Gasteiger partial charge in [-0.05, 0) is 60.0 Å². The van der Waals surface area contributed by atoms with Crippen LogP contribution >= 0.6 is 11.3 Å². The van der Waals surface area contributed by atoms with Crippen molar-refractivity contribution < 1.29 is 13.2 Å². The van der Waals surface area contributed by atoms with Crippen LogP contribution in [-0.2, 0) is 10.0 Å². The summed E-state index contributed by atoms with van der Waals surface area (Å²) in [6.45, 7) is 0. The van der Waals surface area contributed by atoms with E-state index in [1.165, 1.54) is 35.6 Å². The van der Waals surface area contributed by atoms with Gasteiger partial charge in [0.1, 0.15) is 0 Å². The Kier molecular flexibility index (Phi) is 3.72. The number of sulfonamides is 1. The van der Waals surface area contributed by atoms with Gasteiger partial charge in [-0.3, -0.25) is 4.79 Å². The van der Waals surface area contributed by atoms with E-state index in [9.17, 15) is 13.2 Å². The Morgan fingerprint density at radius 2 is 1.91 bits per heavy atom. The molecule has 0 saturated heterocycles. The molecule has 0 unspecified atom stereocenters. The molecule has 1 N–H and O–H groups in total. The first-order valence-corrected chi connectivity index (χ1v) is 9.02. The smallest absolute Gasteiger partial charge is 0.267 e. The van der Waals surface area contributed by atoms with Crippen molar-refractivity contribution in [3.8, 4) is 6.07 Å². The second kappa shape index (κ2) is 5.55. The number of nitrogens with one attached hydrogen (secondary N) is 1. The molecule has 22 heavy (non-hydrogen) atoms. The zero-order valence-electron chi connectivity index (χ0n) is 11.4. The van der Waals surface area contributed by atoms with Crippen LogP contribution in [-0.4, -0.2) is 14.3 Å². The Morgan fingerprint density at radius 3 is 2.50 bits per heavy atom. The predicted octanol–water partition coefficient (Wildman–Crippen LogP) is 2.62. The summed E-state index contributed by atoms with van der Waals surface area (Å²) in [4.78, 5) is 12.7. The number of hydrogen-bond donors (Lipinski definition) is 1. The molecule has 0 radical (unpaired) electrons. The van der Waals surface area contributed by atoms with Gasteiger partial charge in [0.05, 0.1) is 21.4 Å². The van der Waals surface area contributed by atoms with Crippen LogP contribution in [0.5, 0.6) is 0 Å². The van der Waals surface area contributed by atoms with E-state index in [4.69, 9.17) is 5.26 Å². The second-order valence-corrected chi connectivity index (χ2v) is 7.65. The summed E-state index contributed by atoms with van der Waals surface area (Å²) in [5.74, 6) is -0.217. The van der Waals surface area contributed by atoms with Crippen LogP contribution in [0.25, 0.3) is 0 Å². The van der Waals surface area contributed by atoms with E-state index in [1.807, 2.05) is 12.1 Å². The number of carbonyl (C=O) groups is 1. The maximum Gasteiger partial charge on any atom is 0.275 e. The minimum atomic E-state index is -3.93. The van der Waals surface area contributed by atoms with Crippen LogP contribution in [0.4, 0.5) is 0 Å². The highest BCUT2D eigenvalue weighted by atomic mass is 32.2. The summed E-state index contributed by atoms with van der Waals surface area (Å²) >= 11 is 1.25. The maximum absolute atomic E-state index is 12.2. The lowest BCUT2D eigenvalue weighted by atomic mass is 10.1. The highest BCUT2D eigenvalue weighted by Gasteiger charge is 2.30. The van der Waals surface area contributed by atoms with Gasteiger partial charge in [0.15, 0.2) is 0 Å². The van der Waals surface area contributed by atoms with Crippen molar-refractivity contribution in [1.82, 2.24) is 4.72 Å². The topological polar surface area (TPSA) is 87.0 Å². The lowest BCUT2D eigenvalue weighted by Gasteiger charge is -2.07. The fourth-order valence-corrected chi connectivity index (χ4v) is 4.06. The van der Waals surface area contributed by atoms with Gasteiger partial charge in [0, 0.05) is 0 Å². The Hall–Kier alpha value is -2.17. The molecule has 2 aromatic rings. The zero-order chi connectivity index (χ0) is 15.7. The SMILES string of the molecule is N#Cc1ccc(S(=O)(=O)NC(=O)c2sccc2C2CC2)cc1. The number of nitriles is 1. The van der Waals surface area contributed by atoms with Crippen LogP contribution in [0.3, 0.4) is 0 Å². The van der Waals surface area contributed by atoms with Gasteiger partial charge in [-0.15, -0.1) is 11.3 Å². The Morgan fingerprint density at radius 1 is 1.23 bits per heavy atom. The molecule has 1 saturated carbocycles. The first-order valence-electron chi connectivity index (χ1n) is 6.66. The number of benzene rings is 1. The fraction of sp³-hybridized carbons (Fsp3) is 0.200. The van der Waals surface area contributed by atoms with Gasteiger partial charge in [-0.25, -0.2) is 13.1 Å². The molecule has 3 rings (SSSR count). The molecular weight excluding hydrogens is 320 g/mol. The molecule has 1 heterocycles. The number of nitrogens with zero attached hydrogens (tertiary/aromatic N) is 1. The monoisotopic (exact) mass is 332 g/mol. The average molecular weight is 332 g/mol. The molecular formula is C15H12N2O3S2. The molecule has 7 heteroatoms. The van der Waals surface area contributed by atoms with Crippen molar-refractivity contribution in [3.05, 3.63) is 51.7 Å². The summed E-state index contributed by atoms with van der Waals surface area (Å²) in [5.41, 5.74) is 1.29. The van der Waals surface area contributed by atoms with E-state index in [0.717, 1.165) is 18.4 Å². The molecule has 0 bridgehead atoms. The van der Waals surface area contributed by atoms with Gasteiger partial charge in [0.25, 0.3) is 15.9 Å². The molecule has 1 amide bonds. The highest BCUT2D eigenvalue weighted by molar-refractivity contribution is 7.90. The minimum absolute atomic E-state index is 0.0376. The predicted molar refractivity (Wildman–Crippen MR) is 82.1 cm³/mol. The van der Waals surface area contributed by atoms with Crippen molar-refractivity contribution in [2.24, 2.45) is 0 Å². The molecule has 5 nitrogen and oxygen atoms in total. The minimum Gasteiger partial charge on any atom is -0.267 e. The van der Waals surface area contributed by atoms with Crippen LogP contribution in [0.2, 0.25) is 0 Å².